The summed E-state index contributed by atoms with van der Waals surface area (Å²) in [6.45, 7) is 1.59. The lowest BCUT2D eigenvalue weighted by atomic mass is 9.96. The van der Waals surface area contributed by atoms with E-state index >= 15 is 0 Å². The van der Waals surface area contributed by atoms with Gasteiger partial charge < -0.3 is 9.47 Å². The van der Waals surface area contributed by atoms with Gasteiger partial charge in [-0.1, -0.05) is 30.3 Å². The van der Waals surface area contributed by atoms with Gasteiger partial charge in [0.15, 0.2) is 5.75 Å². The van der Waals surface area contributed by atoms with Crippen LogP contribution in [0.1, 0.15) is 43.3 Å². The molecule has 4 aromatic rings. The van der Waals surface area contributed by atoms with Gasteiger partial charge in [0.05, 0.1) is 22.5 Å². The number of rotatable bonds is 5. The standard InChI is InChI=1S/C24H23N3O2S/c1-2-4-16(5-3-1)22-14-19-24(30-22)20(8-11-25-19)29-21-15-27(18-6-7-18)26-23(21)17-9-12-28-13-10-17/h1-5,8,11,14-15,17-18H,6-7,9-10,12-13H2. The lowest BCUT2D eigenvalue weighted by Crippen LogP contribution is -2.15. The first kappa shape index (κ1) is 18.1. The first-order chi connectivity index (χ1) is 14.8. The Kier molecular flexibility index (Phi) is 4.54. The summed E-state index contributed by atoms with van der Waals surface area (Å²) in [7, 11) is 0. The van der Waals surface area contributed by atoms with Crippen molar-refractivity contribution in [3.63, 3.8) is 0 Å². The molecule has 2 aliphatic rings. The molecule has 0 atom stereocenters. The Labute approximate surface area is 179 Å². The Bertz CT molecular complexity index is 1170. The smallest absolute Gasteiger partial charge is 0.168 e. The van der Waals surface area contributed by atoms with E-state index in [-0.39, 0.29) is 0 Å². The second-order valence-electron chi connectivity index (χ2n) is 8.08. The summed E-state index contributed by atoms with van der Waals surface area (Å²) in [4.78, 5) is 5.78. The average Bonchev–Trinajstić information content (AvgIpc) is 3.41. The molecule has 0 N–H and O–H groups in total. The molecule has 30 heavy (non-hydrogen) atoms. The van der Waals surface area contributed by atoms with E-state index < -0.39 is 0 Å². The van der Waals surface area contributed by atoms with Gasteiger partial charge in [-0.3, -0.25) is 9.67 Å². The molecule has 1 saturated carbocycles. The number of aromatic nitrogens is 3. The number of ether oxygens (including phenoxy) is 2. The van der Waals surface area contributed by atoms with Crippen LogP contribution < -0.4 is 4.74 Å². The van der Waals surface area contributed by atoms with Crippen molar-refractivity contribution in [2.24, 2.45) is 0 Å². The van der Waals surface area contributed by atoms with E-state index in [1.807, 2.05) is 18.3 Å². The van der Waals surface area contributed by atoms with Crippen molar-refractivity contribution in [3.8, 4) is 21.9 Å². The summed E-state index contributed by atoms with van der Waals surface area (Å²) >= 11 is 1.73. The SMILES string of the molecule is c1ccc(-c2cc3nccc(Oc4cn(C5CC5)nc4C4CCOCC4)c3s2)cc1. The second kappa shape index (κ2) is 7.52. The zero-order valence-electron chi connectivity index (χ0n) is 16.7. The number of thiophene rings is 1. The predicted octanol–water partition coefficient (Wildman–Crippen LogP) is 6.18. The molecule has 0 spiro atoms. The minimum atomic E-state index is 0.397. The molecule has 6 heteroatoms. The van der Waals surface area contributed by atoms with Crippen LogP contribution in [0.2, 0.25) is 0 Å². The van der Waals surface area contributed by atoms with Crippen molar-refractivity contribution in [2.45, 2.75) is 37.6 Å². The van der Waals surface area contributed by atoms with Crippen molar-refractivity contribution in [2.75, 3.05) is 13.2 Å². The summed E-state index contributed by atoms with van der Waals surface area (Å²) in [5, 5.41) is 4.95. The van der Waals surface area contributed by atoms with E-state index in [2.05, 4.69) is 46.2 Å². The minimum Gasteiger partial charge on any atom is -0.452 e. The van der Waals surface area contributed by atoms with E-state index in [9.17, 15) is 0 Å². The van der Waals surface area contributed by atoms with Crippen LogP contribution in [0.15, 0.2) is 54.9 Å². The largest absolute Gasteiger partial charge is 0.452 e. The molecule has 6 rings (SSSR count). The van der Waals surface area contributed by atoms with Gasteiger partial charge >= 0.3 is 0 Å². The molecular weight excluding hydrogens is 394 g/mol. The van der Waals surface area contributed by atoms with E-state index in [1.165, 1.54) is 23.3 Å². The van der Waals surface area contributed by atoms with Crippen molar-refractivity contribution >= 4 is 21.6 Å². The van der Waals surface area contributed by atoms with Crippen LogP contribution in [0.25, 0.3) is 20.7 Å². The molecule has 1 saturated heterocycles. The summed E-state index contributed by atoms with van der Waals surface area (Å²) in [6, 6.07) is 15.1. The molecule has 3 aromatic heterocycles. The molecular formula is C24H23N3O2S. The van der Waals surface area contributed by atoms with Gasteiger partial charge in [-0.05, 0) is 37.3 Å². The van der Waals surface area contributed by atoms with E-state index in [0.717, 1.165) is 53.5 Å². The van der Waals surface area contributed by atoms with Crippen molar-refractivity contribution in [3.05, 3.63) is 60.6 Å². The first-order valence-corrected chi connectivity index (χ1v) is 11.5. The highest BCUT2D eigenvalue weighted by atomic mass is 32.1. The maximum absolute atomic E-state index is 6.53. The van der Waals surface area contributed by atoms with Crippen LogP contribution >= 0.6 is 11.3 Å². The summed E-state index contributed by atoms with van der Waals surface area (Å²) in [5.74, 6) is 2.14. The Morgan fingerprint density at radius 2 is 1.83 bits per heavy atom. The molecule has 1 aliphatic carbocycles. The quantitative estimate of drug-likeness (QED) is 0.389. The fraction of sp³-hybridized carbons (Fsp3) is 0.333. The van der Waals surface area contributed by atoms with E-state index in [4.69, 9.17) is 14.6 Å². The van der Waals surface area contributed by atoms with Gasteiger partial charge in [0, 0.05) is 36.3 Å². The Morgan fingerprint density at radius 3 is 2.63 bits per heavy atom. The van der Waals surface area contributed by atoms with Crippen molar-refractivity contribution in [1.82, 2.24) is 14.8 Å². The molecule has 5 nitrogen and oxygen atoms in total. The van der Waals surface area contributed by atoms with Gasteiger partial charge in [-0.2, -0.15) is 5.10 Å². The summed E-state index contributed by atoms with van der Waals surface area (Å²) in [5.41, 5.74) is 3.25. The zero-order valence-corrected chi connectivity index (χ0v) is 17.5. The van der Waals surface area contributed by atoms with Gasteiger partial charge in [-0.25, -0.2) is 0 Å². The van der Waals surface area contributed by atoms with E-state index in [1.54, 1.807) is 11.3 Å². The molecule has 1 aromatic carbocycles. The number of pyridine rings is 1. The molecule has 0 unspecified atom stereocenters. The highest BCUT2D eigenvalue weighted by Crippen LogP contribution is 2.43. The van der Waals surface area contributed by atoms with Gasteiger partial charge in [0.25, 0.3) is 0 Å². The van der Waals surface area contributed by atoms with Crippen molar-refractivity contribution < 1.29 is 9.47 Å². The Morgan fingerprint density at radius 1 is 1.00 bits per heavy atom. The number of fused-ring (bicyclic) bond motifs is 1. The van der Waals surface area contributed by atoms with Gasteiger partial charge in [0.2, 0.25) is 0 Å². The Hall–Kier alpha value is -2.70. The van der Waals surface area contributed by atoms with Crippen molar-refractivity contribution in [1.29, 1.82) is 0 Å². The third-order valence-electron chi connectivity index (χ3n) is 5.91. The second-order valence-corrected chi connectivity index (χ2v) is 9.13. The van der Waals surface area contributed by atoms with Gasteiger partial charge in [-0.15, -0.1) is 11.3 Å². The first-order valence-electron chi connectivity index (χ1n) is 10.6. The maximum atomic E-state index is 6.53. The molecule has 0 radical (unpaired) electrons. The normalized spacial score (nSPS) is 17.5. The van der Waals surface area contributed by atoms with Gasteiger partial charge in [0.1, 0.15) is 11.4 Å². The molecule has 0 bridgehead atoms. The van der Waals surface area contributed by atoms with Crippen LogP contribution in [-0.2, 0) is 4.74 Å². The highest BCUT2D eigenvalue weighted by Gasteiger charge is 2.30. The van der Waals surface area contributed by atoms with Crippen LogP contribution in [0.4, 0.5) is 0 Å². The average molecular weight is 418 g/mol. The van der Waals surface area contributed by atoms with E-state index in [0.29, 0.717) is 12.0 Å². The fourth-order valence-electron chi connectivity index (χ4n) is 4.11. The van der Waals surface area contributed by atoms with Crippen LogP contribution in [0.5, 0.6) is 11.5 Å². The lowest BCUT2D eigenvalue weighted by Gasteiger charge is -2.21. The fourth-order valence-corrected chi connectivity index (χ4v) is 5.18. The molecule has 1 aliphatic heterocycles. The third-order valence-corrected chi connectivity index (χ3v) is 7.10. The highest BCUT2D eigenvalue weighted by molar-refractivity contribution is 7.22. The maximum Gasteiger partial charge on any atom is 0.168 e. The minimum absolute atomic E-state index is 0.397. The molecule has 0 amide bonds. The third kappa shape index (κ3) is 3.40. The summed E-state index contributed by atoms with van der Waals surface area (Å²) < 4.78 is 15.3. The van der Waals surface area contributed by atoms with Crippen LogP contribution in [0, 0.1) is 0 Å². The molecule has 4 heterocycles. The molecule has 152 valence electrons. The Balaban J connectivity index is 1.38. The number of hydrogen-bond donors (Lipinski definition) is 0. The number of hydrogen-bond acceptors (Lipinski definition) is 5. The van der Waals surface area contributed by atoms with Crippen LogP contribution in [-0.4, -0.2) is 28.0 Å². The lowest BCUT2D eigenvalue weighted by molar-refractivity contribution is 0.0839. The monoisotopic (exact) mass is 417 g/mol. The van der Waals surface area contributed by atoms with Crippen LogP contribution in [0.3, 0.4) is 0 Å². The number of benzene rings is 1. The zero-order chi connectivity index (χ0) is 19.9. The number of nitrogens with zero attached hydrogens (tertiary/aromatic N) is 3. The summed E-state index contributed by atoms with van der Waals surface area (Å²) in [6.07, 6.45) is 8.35. The topological polar surface area (TPSA) is 49.2 Å². The molecule has 2 fully saturated rings. The predicted molar refractivity (Wildman–Crippen MR) is 118 cm³/mol.